The zero-order valence-electron chi connectivity index (χ0n) is 12.4. The first-order valence-electron chi connectivity index (χ1n) is 6.57. The zero-order valence-corrected chi connectivity index (χ0v) is 12.4. The largest absolute Gasteiger partial charge is 0.373 e. The van der Waals surface area contributed by atoms with E-state index in [1.807, 2.05) is 40.2 Å². The molecular weight excluding hydrogens is 268 g/mol. The van der Waals surface area contributed by atoms with Gasteiger partial charge in [-0.3, -0.25) is 4.68 Å². The fraction of sp³-hybridized carbons (Fsp3) is 0.286. The molecule has 0 atom stereocenters. The van der Waals surface area contributed by atoms with Crippen LogP contribution in [-0.2, 0) is 7.05 Å². The number of aromatic nitrogens is 5. The van der Waals surface area contributed by atoms with Crippen molar-refractivity contribution in [2.75, 3.05) is 12.4 Å². The summed E-state index contributed by atoms with van der Waals surface area (Å²) in [5, 5.41) is 11.2. The molecule has 3 aromatic heterocycles. The van der Waals surface area contributed by atoms with Gasteiger partial charge in [0.25, 0.3) is 0 Å². The van der Waals surface area contributed by atoms with Crippen LogP contribution in [0.4, 0.5) is 5.82 Å². The number of rotatable bonds is 3. The maximum absolute atomic E-state index is 5.21. The van der Waals surface area contributed by atoms with E-state index in [4.69, 9.17) is 4.52 Å². The van der Waals surface area contributed by atoms with Crippen LogP contribution in [0.2, 0.25) is 0 Å². The Balaban J connectivity index is 2.18. The zero-order chi connectivity index (χ0) is 15.0. The Kier molecular flexibility index (Phi) is 3.17. The number of hydrogen-bond acceptors (Lipinski definition) is 6. The third kappa shape index (κ3) is 2.37. The first-order valence-corrected chi connectivity index (χ1v) is 6.57. The van der Waals surface area contributed by atoms with Gasteiger partial charge in [-0.05, 0) is 13.8 Å². The molecule has 7 heteroatoms. The van der Waals surface area contributed by atoms with Crippen LogP contribution >= 0.6 is 0 Å². The van der Waals surface area contributed by atoms with Gasteiger partial charge in [-0.15, -0.1) is 0 Å². The standard InChI is InChI=1S/C14H16N6O/c1-8-13(9(2)21-19-8)14-17-11(5-12(15-3)18-14)10-6-16-20(4)7-10/h5-7H,1-4H3,(H,15,17,18). The molecule has 0 unspecified atom stereocenters. The first-order chi connectivity index (χ1) is 10.1. The van der Waals surface area contributed by atoms with E-state index in [1.54, 1.807) is 10.9 Å². The molecular formula is C14H16N6O. The normalized spacial score (nSPS) is 10.9. The van der Waals surface area contributed by atoms with Crippen LogP contribution in [0.25, 0.3) is 22.6 Å². The maximum atomic E-state index is 5.21. The van der Waals surface area contributed by atoms with Gasteiger partial charge >= 0.3 is 0 Å². The molecule has 0 saturated carbocycles. The highest BCUT2D eigenvalue weighted by molar-refractivity contribution is 5.68. The second kappa shape index (κ2) is 5.01. The number of anilines is 1. The monoisotopic (exact) mass is 284 g/mol. The second-order valence-corrected chi connectivity index (χ2v) is 4.81. The molecule has 0 fully saturated rings. The van der Waals surface area contributed by atoms with Crippen molar-refractivity contribution in [3.63, 3.8) is 0 Å². The molecule has 7 nitrogen and oxygen atoms in total. The number of hydrogen-bond donors (Lipinski definition) is 1. The third-order valence-corrected chi connectivity index (χ3v) is 3.24. The Morgan fingerprint density at radius 3 is 2.62 bits per heavy atom. The molecule has 0 amide bonds. The van der Waals surface area contributed by atoms with Crippen molar-refractivity contribution < 1.29 is 4.52 Å². The average molecular weight is 284 g/mol. The van der Waals surface area contributed by atoms with E-state index in [9.17, 15) is 0 Å². The average Bonchev–Trinajstić information content (AvgIpc) is 3.05. The molecule has 0 aromatic carbocycles. The van der Waals surface area contributed by atoms with Gasteiger partial charge in [0.15, 0.2) is 5.82 Å². The van der Waals surface area contributed by atoms with Gasteiger partial charge in [0.2, 0.25) is 0 Å². The first kappa shape index (κ1) is 13.3. The van der Waals surface area contributed by atoms with Crippen molar-refractivity contribution in [3.8, 4) is 22.6 Å². The molecule has 108 valence electrons. The van der Waals surface area contributed by atoms with E-state index in [1.165, 1.54) is 0 Å². The minimum absolute atomic E-state index is 0.594. The highest BCUT2D eigenvalue weighted by Crippen LogP contribution is 2.27. The topological polar surface area (TPSA) is 81.7 Å². The van der Waals surface area contributed by atoms with E-state index < -0.39 is 0 Å². The van der Waals surface area contributed by atoms with Crippen LogP contribution in [-0.4, -0.2) is 32.0 Å². The Bertz CT molecular complexity index is 769. The number of aryl methyl sites for hydroxylation is 3. The van der Waals surface area contributed by atoms with E-state index in [2.05, 4.69) is 25.5 Å². The van der Waals surface area contributed by atoms with Gasteiger partial charge < -0.3 is 9.84 Å². The lowest BCUT2D eigenvalue weighted by Crippen LogP contribution is -1.99. The predicted octanol–water partition coefficient (Wildman–Crippen LogP) is 2.19. The molecule has 0 bridgehead atoms. The third-order valence-electron chi connectivity index (χ3n) is 3.24. The molecule has 0 spiro atoms. The van der Waals surface area contributed by atoms with Crippen molar-refractivity contribution in [2.45, 2.75) is 13.8 Å². The molecule has 0 aliphatic carbocycles. The van der Waals surface area contributed by atoms with Crippen LogP contribution < -0.4 is 5.32 Å². The summed E-state index contributed by atoms with van der Waals surface area (Å²) in [5.74, 6) is 2.04. The quantitative estimate of drug-likeness (QED) is 0.794. The molecule has 1 N–H and O–H groups in total. The second-order valence-electron chi connectivity index (χ2n) is 4.81. The Morgan fingerprint density at radius 2 is 2.05 bits per heavy atom. The van der Waals surface area contributed by atoms with E-state index >= 15 is 0 Å². The van der Waals surface area contributed by atoms with Crippen molar-refractivity contribution in [2.24, 2.45) is 7.05 Å². The lowest BCUT2D eigenvalue weighted by molar-refractivity contribution is 0.393. The fourth-order valence-corrected chi connectivity index (χ4v) is 2.19. The lowest BCUT2D eigenvalue weighted by atomic mass is 10.1. The smallest absolute Gasteiger partial charge is 0.167 e. The van der Waals surface area contributed by atoms with Gasteiger partial charge in [0.1, 0.15) is 11.6 Å². The summed E-state index contributed by atoms with van der Waals surface area (Å²) in [4.78, 5) is 9.12. The van der Waals surface area contributed by atoms with Crippen LogP contribution in [0.1, 0.15) is 11.5 Å². The summed E-state index contributed by atoms with van der Waals surface area (Å²) in [6.07, 6.45) is 3.69. The summed E-state index contributed by atoms with van der Waals surface area (Å²) in [7, 11) is 3.70. The lowest BCUT2D eigenvalue weighted by Gasteiger charge is -2.06. The van der Waals surface area contributed by atoms with Crippen LogP contribution in [0.15, 0.2) is 23.0 Å². The van der Waals surface area contributed by atoms with E-state index in [-0.39, 0.29) is 0 Å². The van der Waals surface area contributed by atoms with E-state index in [0.29, 0.717) is 11.6 Å². The van der Waals surface area contributed by atoms with Gasteiger partial charge in [-0.2, -0.15) is 5.10 Å². The predicted molar refractivity (Wildman–Crippen MR) is 78.8 cm³/mol. The van der Waals surface area contributed by atoms with Crippen molar-refractivity contribution >= 4 is 5.82 Å². The molecule has 3 rings (SSSR count). The minimum Gasteiger partial charge on any atom is -0.373 e. The van der Waals surface area contributed by atoms with E-state index in [0.717, 1.165) is 28.3 Å². The number of nitrogens with one attached hydrogen (secondary N) is 1. The van der Waals surface area contributed by atoms with Crippen LogP contribution in [0, 0.1) is 13.8 Å². The summed E-state index contributed by atoms with van der Waals surface area (Å²) >= 11 is 0. The molecule has 0 saturated heterocycles. The highest BCUT2D eigenvalue weighted by atomic mass is 16.5. The Hall–Kier alpha value is -2.70. The highest BCUT2D eigenvalue weighted by Gasteiger charge is 2.17. The van der Waals surface area contributed by atoms with Gasteiger partial charge in [0.05, 0.1) is 23.1 Å². The fourth-order valence-electron chi connectivity index (χ4n) is 2.19. The van der Waals surface area contributed by atoms with Gasteiger partial charge in [0, 0.05) is 31.9 Å². The molecule has 3 heterocycles. The van der Waals surface area contributed by atoms with Gasteiger partial charge in [-0.1, -0.05) is 5.16 Å². The summed E-state index contributed by atoms with van der Waals surface area (Å²) in [5.41, 5.74) is 3.34. The summed E-state index contributed by atoms with van der Waals surface area (Å²) < 4.78 is 6.95. The van der Waals surface area contributed by atoms with Crippen molar-refractivity contribution in [3.05, 3.63) is 29.9 Å². The minimum atomic E-state index is 0.594. The maximum Gasteiger partial charge on any atom is 0.167 e. The molecule has 0 radical (unpaired) electrons. The number of nitrogens with zero attached hydrogens (tertiary/aromatic N) is 5. The molecule has 3 aromatic rings. The molecule has 0 aliphatic rings. The van der Waals surface area contributed by atoms with Crippen molar-refractivity contribution in [1.82, 2.24) is 24.9 Å². The van der Waals surface area contributed by atoms with Crippen molar-refractivity contribution in [1.29, 1.82) is 0 Å². The summed E-state index contributed by atoms with van der Waals surface area (Å²) in [6.45, 7) is 3.74. The Morgan fingerprint density at radius 1 is 1.24 bits per heavy atom. The van der Waals surface area contributed by atoms with Crippen LogP contribution in [0.3, 0.4) is 0 Å². The Labute approximate surface area is 122 Å². The summed E-state index contributed by atoms with van der Waals surface area (Å²) in [6, 6.07) is 1.89. The van der Waals surface area contributed by atoms with Gasteiger partial charge in [-0.25, -0.2) is 9.97 Å². The molecule has 0 aliphatic heterocycles. The molecule has 21 heavy (non-hydrogen) atoms. The SMILES string of the molecule is CNc1cc(-c2cnn(C)c2)nc(-c2c(C)noc2C)n1. The van der Waals surface area contributed by atoms with Crippen LogP contribution in [0.5, 0.6) is 0 Å².